The summed E-state index contributed by atoms with van der Waals surface area (Å²) in [4.78, 5) is 11.6. The second kappa shape index (κ2) is 6.54. The van der Waals surface area contributed by atoms with Crippen molar-refractivity contribution in [3.63, 3.8) is 0 Å². The Balaban J connectivity index is 2.34. The molecule has 5 nitrogen and oxygen atoms in total. The monoisotopic (exact) mass is 253 g/mol. The zero-order valence-electron chi connectivity index (χ0n) is 11.7. The molecule has 0 amide bonds. The van der Waals surface area contributed by atoms with Gasteiger partial charge >= 0.3 is 5.97 Å². The summed E-state index contributed by atoms with van der Waals surface area (Å²) in [7, 11) is 3.21. The number of aromatic nitrogens is 2. The van der Waals surface area contributed by atoms with Gasteiger partial charge in [0.2, 0.25) is 0 Å². The van der Waals surface area contributed by atoms with E-state index in [1.807, 2.05) is 30.9 Å². The van der Waals surface area contributed by atoms with Gasteiger partial charge in [-0.25, -0.2) is 0 Å². The van der Waals surface area contributed by atoms with Crippen LogP contribution in [0.2, 0.25) is 0 Å². The molecule has 5 heteroatoms. The number of nitrogens with zero attached hydrogens (tertiary/aromatic N) is 2. The minimum absolute atomic E-state index is 0.208. The largest absolute Gasteiger partial charge is 0.468 e. The average molecular weight is 253 g/mol. The van der Waals surface area contributed by atoms with Crippen molar-refractivity contribution in [1.29, 1.82) is 0 Å². The number of ether oxygens (including phenoxy) is 1. The number of methoxy groups -OCH3 is 1. The highest BCUT2D eigenvalue weighted by molar-refractivity contribution is 5.80. The standard InChI is InChI=1S/C13H23N3O2/c1-11-9-15-16(10-11)8-6-5-7-13(2,14-3)12(17)18-4/h9-10,14H,5-8H2,1-4H3. The van der Waals surface area contributed by atoms with Crippen LogP contribution in [0.5, 0.6) is 0 Å². The molecule has 102 valence electrons. The van der Waals surface area contributed by atoms with E-state index in [0.717, 1.165) is 25.8 Å². The van der Waals surface area contributed by atoms with Gasteiger partial charge < -0.3 is 10.1 Å². The van der Waals surface area contributed by atoms with Gasteiger partial charge in [0.05, 0.1) is 13.3 Å². The number of carbonyl (C=O) groups excluding carboxylic acids is 1. The Morgan fingerprint density at radius 1 is 1.56 bits per heavy atom. The lowest BCUT2D eigenvalue weighted by molar-refractivity contribution is -0.148. The number of hydrogen-bond acceptors (Lipinski definition) is 4. The predicted molar refractivity (Wildman–Crippen MR) is 70.3 cm³/mol. The van der Waals surface area contributed by atoms with Crippen LogP contribution in [0.1, 0.15) is 31.7 Å². The highest BCUT2D eigenvalue weighted by atomic mass is 16.5. The van der Waals surface area contributed by atoms with Crippen molar-refractivity contribution < 1.29 is 9.53 Å². The van der Waals surface area contributed by atoms with Gasteiger partial charge in [-0.3, -0.25) is 9.48 Å². The van der Waals surface area contributed by atoms with Crippen molar-refractivity contribution in [2.45, 2.75) is 45.2 Å². The summed E-state index contributed by atoms with van der Waals surface area (Å²) >= 11 is 0. The van der Waals surface area contributed by atoms with Crippen LogP contribution in [0.25, 0.3) is 0 Å². The molecule has 1 N–H and O–H groups in total. The summed E-state index contributed by atoms with van der Waals surface area (Å²) in [5.41, 5.74) is 0.582. The number of rotatable bonds is 7. The Morgan fingerprint density at radius 3 is 2.78 bits per heavy atom. The van der Waals surface area contributed by atoms with E-state index in [1.165, 1.54) is 12.7 Å². The van der Waals surface area contributed by atoms with Gasteiger partial charge in [0.15, 0.2) is 0 Å². The van der Waals surface area contributed by atoms with E-state index >= 15 is 0 Å². The molecule has 0 spiro atoms. The Labute approximate surface area is 109 Å². The van der Waals surface area contributed by atoms with Crippen molar-refractivity contribution in [1.82, 2.24) is 15.1 Å². The van der Waals surface area contributed by atoms with Crippen LogP contribution < -0.4 is 5.32 Å². The number of hydrogen-bond donors (Lipinski definition) is 1. The molecule has 0 aliphatic rings. The zero-order valence-corrected chi connectivity index (χ0v) is 11.7. The van der Waals surface area contributed by atoms with Crippen molar-refractivity contribution in [2.75, 3.05) is 14.2 Å². The van der Waals surface area contributed by atoms with E-state index in [4.69, 9.17) is 4.74 Å². The number of aryl methyl sites for hydroxylation is 2. The van der Waals surface area contributed by atoms with Crippen LogP contribution in [0.15, 0.2) is 12.4 Å². The molecule has 0 saturated carbocycles. The summed E-state index contributed by atoms with van der Waals surface area (Å²) < 4.78 is 6.74. The fourth-order valence-electron chi connectivity index (χ4n) is 1.90. The first-order valence-electron chi connectivity index (χ1n) is 6.28. The zero-order chi connectivity index (χ0) is 13.6. The third-order valence-electron chi connectivity index (χ3n) is 3.26. The minimum Gasteiger partial charge on any atom is -0.468 e. The summed E-state index contributed by atoms with van der Waals surface area (Å²) in [6.07, 6.45) is 6.58. The fourth-order valence-corrected chi connectivity index (χ4v) is 1.90. The first kappa shape index (κ1) is 14.7. The molecule has 0 bridgehead atoms. The fraction of sp³-hybridized carbons (Fsp3) is 0.692. The number of likely N-dealkylation sites (N-methyl/N-ethyl adjacent to an activating group) is 1. The van der Waals surface area contributed by atoms with Gasteiger partial charge in [0.25, 0.3) is 0 Å². The van der Waals surface area contributed by atoms with Crippen LogP contribution in [0.3, 0.4) is 0 Å². The topological polar surface area (TPSA) is 56.2 Å². The SMILES string of the molecule is CNC(C)(CCCCn1cc(C)cn1)C(=O)OC. The maximum atomic E-state index is 11.6. The van der Waals surface area contributed by atoms with Crippen molar-refractivity contribution >= 4 is 5.97 Å². The van der Waals surface area contributed by atoms with E-state index in [-0.39, 0.29) is 5.97 Å². The molecule has 0 aliphatic heterocycles. The molecule has 1 unspecified atom stereocenters. The lowest BCUT2D eigenvalue weighted by Crippen LogP contribution is -2.48. The molecule has 1 rings (SSSR count). The summed E-state index contributed by atoms with van der Waals surface area (Å²) in [5.74, 6) is -0.208. The maximum Gasteiger partial charge on any atom is 0.325 e. The van der Waals surface area contributed by atoms with Crippen LogP contribution in [-0.4, -0.2) is 35.4 Å². The van der Waals surface area contributed by atoms with Gasteiger partial charge in [0.1, 0.15) is 5.54 Å². The molecule has 1 aromatic rings. The second-order valence-corrected chi connectivity index (χ2v) is 4.81. The lowest BCUT2D eigenvalue weighted by Gasteiger charge is -2.25. The number of nitrogens with one attached hydrogen (secondary N) is 1. The molecule has 0 aliphatic carbocycles. The Morgan fingerprint density at radius 2 is 2.28 bits per heavy atom. The third kappa shape index (κ3) is 3.84. The van der Waals surface area contributed by atoms with Gasteiger partial charge in [-0.15, -0.1) is 0 Å². The van der Waals surface area contributed by atoms with Crippen LogP contribution in [0, 0.1) is 6.92 Å². The van der Waals surface area contributed by atoms with E-state index in [2.05, 4.69) is 10.4 Å². The van der Waals surface area contributed by atoms with E-state index in [1.54, 1.807) is 7.05 Å². The first-order valence-corrected chi connectivity index (χ1v) is 6.28. The highest BCUT2D eigenvalue weighted by Gasteiger charge is 2.31. The normalized spacial score (nSPS) is 14.2. The van der Waals surface area contributed by atoms with Gasteiger partial charge in [-0.05, 0) is 45.7 Å². The average Bonchev–Trinajstić information content (AvgIpc) is 2.79. The molecule has 0 fully saturated rings. The van der Waals surface area contributed by atoms with E-state index in [9.17, 15) is 4.79 Å². The molecule has 1 atom stereocenters. The Bertz CT molecular complexity index is 389. The number of unbranched alkanes of at least 4 members (excludes halogenated alkanes) is 1. The van der Waals surface area contributed by atoms with Crippen molar-refractivity contribution in [2.24, 2.45) is 0 Å². The van der Waals surface area contributed by atoms with Gasteiger partial charge in [0, 0.05) is 12.7 Å². The van der Waals surface area contributed by atoms with E-state index < -0.39 is 5.54 Å². The summed E-state index contributed by atoms with van der Waals surface area (Å²) in [5, 5.41) is 7.27. The highest BCUT2D eigenvalue weighted by Crippen LogP contribution is 2.15. The number of carbonyl (C=O) groups is 1. The summed E-state index contributed by atoms with van der Waals surface area (Å²) in [6.45, 7) is 4.78. The molecule has 0 saturated heterocycles. The second-order valence-electron chi connectivity index (χ2n) is 4.81. The molecule has 18 heavy (non-hydrogen) atoms. The number of esters is 1. The van der Waals surface area contributed by atoms with Crippen LogP contribution >= 0.6 is 0 Å². The van der Waals surface area contributed by atoms with Crippen LogP contribution in [-0.2, 0) is 16.1 Å². The smallest absolute Gasteiger partial charge is 0.325 e. The molecule has 0 aromatic carbocycles. The molecule has 0 radical (unpaired) electrons. The Kier molecular flexibility index (Phi) is 5.34. The quantitative estimate of drug-likeness (QED) is 0.591. The first-order chi connectivity index (χ1) is 8.51. The summed E-state index contributed by atoms with van der Waals surface area (Å²) in [6, 6.07) is 0. The van der Waals surface area contributed by atoms with Crippen LogP contribution in [0.4, 0.5) is 0 Å². The minimum atomic E-state index is -0.589. The van der Waals surface area contributed by atoms with Gasteiger partial charge in [-0.2, -0.15) is 5.10 Å². The van der Waals surface area contributed by atoms with Crippen molar-refractivity contribution in [3.8, 4) is 0 Å². The van der Waals surface area contributed by atoms with E-state index in [0.29, 0.717) is 0 Å². The molecule has 1 heterocycles. The molecular weight excluding hydrogens is 230 g/mol. The molecular formula is C13H23N3O2. The van der Waals surface area contributed by atoms with Crippen molar-refractivity contribution in [3.05, 3.63) is 18.0 Å². The maximum absolute atomic E-state index is 11.6. The predicted octanol–water partition coefficient (Wildman–Crippen LogP) is 1.51. The Hall–Kier alpha value is -1.36. The third-order valence-corrected chi connectivity index (χ3v) is 3.26. The molecule has 1 aromatic heterocycles. The lowest BCUT2D eigenvalue weighted by atomic mass is 9.95. The van der Waals surface area contributed by atoms with Gasteiger partial charge in [-0.1, -0.05) is 0 Å².